The van der Waals surface area contributed by atoms with Crippen molar-refractivity contribution in [1.29, 1.82) is 0 Å². The topological polar surface area (TPSA) is 40.5 Å². The van der Waals surface area contributed by atoms with Gasteiger partial charge in [-0.3, -0.25) is 9.69 Å². The first-order valence-electron chi connectivity index (χ1n) is 7.02. The van der Waals surface area contributed by atoms with Crippen LogP contribution in [0.1, 0.15) is 52.4 Å². The molecule has 1 N–H and O–H groups in total. The standard InChI is InChI=1S/C14H25NO2/c1-3-11-4-6-12(7-5-11)15-9-8-14(2,10-15)13(16)17/h11-12H,3-10H2,1-2H3,(H,16,17). The molecule has 3 heteroatoms. The van der Waals surface area contributed by atoms with E-state index in [1.165, 1.54) is 32.1 Å². The lowest BCUT2D eigenvalue weighted by Gasteiger charge is -2.35. The molecule has 1 aliphatic heterocycles. The fraction of sp³-hybridized carbons (Fsp3) is 0.929. The minimum atomic E-state index is -0.623. The van der Waals surface area contributed by atoms with Crippen molar-refractivity contribution in [3.8, 4) is 0 Å². The normalized spacial score (nSPS) is 39.4. The smallest absolute Gasteiger partial charge is 0.310 e. The maximum Gasteiger partial charge on any atom is 0.310 e. The number of rotatable bonds is 3. The Labute approximate surface area is 104 Å². The van der Waals surface area contributed by atoms with Crippen LogP contribution in [0.5, 0.6) is 0 Å². The van der Waals surface area contributed by atoms with Crippen molar-refractivity contribution in [3.05, 3.63) is 0 Å². The molecular formula is C14H25NO2. The van der Waals surface area contributed by atoms with Gasteiger partial charge in [0.15, 0.2) is 0 Å². The van der Waals surface area contributed by atoms with E-state index in [1.807, 2.05) is 6.92 Å². The average Bonchev–Trinajstić information content (AvgIpc) is 2.74. The van der Waals surface area contributed by atoms with Crippen molar-refractivity contribution in [3.63, 3.8) is 0 Å². The molecule has 0 aromatic carbocycles. The average molecular weight is 239 g/mol. The predicted octanol–water partition coefficient (Wildman–Crippen LogP) is 2.75. The second-order valence-electron chi connectivity index (χ2n) is 6.17. The molecule has 17 heavy (non-hydrogen) atoms. The van der Waals surface area contributed by atoms with Gasteiger partial charge >= 0.3 is 5.97 Å². The van der Waals surface area contributed by atoms with Crippen LogP contribution >= 0.6 is 0 Å². The number of likely N-dealkylation sites (tertiary alicyclic amines) is 1. The summed E-state index contributed by atoms with van der Waals surface area (Å²) in [6.07, 6.45) is 7.33. The van der Waals surface area contributed by atoms with Crippen LogP contribution in [0.15, 0.2) is 0 Å². The Balaban J connectivity index is 1.87. The summed E-state index contributed by atoms with van der Waals surface area (Å²) >= 11 is 0. The third-order valence-electron chi connectivity index (χ3n) is 4.93. The van der Waals surface area contributed by atoms with Gasteiger partial charge in [0, 0.05) is 12.6 Å². The van der Waals surface area contributed by atoms with E-state index in [2.05, 4.69) is 11.8 Å². The molecule has 1 unspecified atom stereocenters. The van der Waals surface area contributed by atoms with E-state index in [1.54, 1.807) is 0 Å². The summed E-state index contributed by atoms with van der Waals surface area (Å²) in [5.41, 5.74) is -0.498. The summed E-state index contributed by atoms with van der Waals surface area (Å²) in [4.78, 5) is 13.7. The molecular weight excluding hydrogens is 214 g/mol. The van der Waals surface area contributed by atoms with Gasteiger partial charge in [0.2, 0.25) is 0 Å². The lowest BCUT2D eigenvalue weighted by Crippen LogP contribution is -2.39. The van der Waals surface area contributed by atoms with Crippen LogP contribution in [0.25, 0.3) is 0 Å². The molecule has 2 rings (SSSR count). The number of hydrogen-bond acceptors (Lipinski definition) is 2. The molecule has 0 aromatic rings. The summed E-state index contributed by atoms with van der Waals surface area (Å²) in [6.45, 7) is 5.91. The second-order valence-corrected chi connectivity index (χ2v) is 6.17. The van der Waals surface area contributed by atoms with E-state index in [0.29, 0.717) is 6.04 Å². The molecule has 2 fully saturated rings. The molecule has 0 amide bonds. The Hall–Kier alpha value is -0.570. The van der Waals surface area contributed by atoms with Crippen LogP contribution in [-0.2, 0) is 4.79 Å². The third-order valence-corrected chi connectivity index (χ3v) is 4.93. The highest BCUT2D eigenvalue weighted by molar-refractivity contribution is 5.74. The molecule has 2 aliphatic rings. The molecule has 1 aliphatic carbocycles. The lowest BCUT2D eigenvalue weighted by atomic mass is 9.84. The zero-order valence-corrected chi connectivity index (χ0v) is 11.1. The fourth-order valence-corrected chi connectivity index (χ4v) is 3.40. The Morgan fingerprint density at radius 2 is 2.00 bits per heavy atom. The highest BCUT2D eigenvalue weighted by Crippen LogP contribution is 2.36. The summed E-state index contributed by atoms with van der Waals surface area (Å²) in [7, 11) is 0. The summed E-state index contributed by atoms with van der Waals surface area (Å²) in [5, 5.41) is 9.24. The summed E-state index contributed by atoms with van der Waals surface area (Å²) in [6, 6.07) is 0.652. The molecule has 1 saturated carbocycles. The Bertz CT molecular complexity index is 284. The fourth-order valence-electron chi connectivity index (χ4n) is 3.40. The second kappa shape index (κ2) is 4.97. The van der Waals surface area contributed by atoms with Crippen LogP contribution in [0, 0.1) is 11.3 Å². The Kier molecular flexibility index (Phi) is 3.76. The Morgan fingerprint density at radius 3 is 2.47 bits per heavy atom. The predicted molar refractivity (Wildman–Crippen MR) is 68.0 cm³/mol. The van der Waals surface area contributed by atoms with E-state index in [0.717, 1.165) is 25.4 Å². The molecule has 0 radical (unpaired) electrons. The van der Waals surface area contributed by atoms with Crippen molar-refractivity contribution in [2.75, 3.05) is 13.1 Å². The van der Waals surface area contributed by atoms with Crippen LogP contribution in [0.2, 0.25) is 0 Å². The number of hydrogen-bond donors (Lipinski definition) is 1. The molecule has 0 spiro atoms. The number of nitrogens with zero attached hydrogens (tertiary/aromatic N) is 1. The first-order chi connectivity index (χ1) is 8.05. The summed E-state index contributed by atoms with van der Waals surface area (Å²) < 4.78 is 0. The van der Waals surface area contributed by atoms with Gasteiger partial charge in [-0.15, -0.1) is 0 Å². The minimum Gasteiger partial charge on any atom is -0.481 e. The van der Waals surface area contributed by atoms with Crippen molar-refractivity contribution in [2.24, 2.45) is 11.3 Å². The van der Waals surface area contributed by atoms with Gasteiger partial charge in [-0.2, -0.15) is 0 Å². The van der Waals surface area contributed by atoms with Crippen molar-refractivity contribution in [2.45, 2.75) is 58.4 Å². The first kappa shape index (κ1) is 12.9. The van der Waals surface area contributed by atoms with E-state index < -0.39 is 11.4 Å². The molecule has 1 heterocycles. The first-order valence-corrected chi connectivity index (χ1v) is 7.02. The van der Waals surface area contributed by atoms with Crippen molar-refractivity contribution < 1.29 is 9.90 Å². The zero-order chi connectivity index (χ0) is 12.5. The van der Waals surface area contributed by atoms with Gasteiger partial charge in [0.05, 0.1) is 5.41 Å². The largest absolute Gasteiger partial charge is 0.481 e. The molecule has 0 bridgehead atoms. The van der Waals surface area contributed by atoms with Crippen LogP contribution in [-0.4, -0.2) is 35.1 Å². The van der Waals surface area contributed by atoms with Crippen molar-refractivity contribution in [1.82, 2.24) is 4.90 Å². The molecule has 1 saturated heterocycles. The van der Waals surface area contributed by atoms with Gasteiger partial charge in [0.25, 0.3) is 0 Å². The number of carboxylic acid groups (broad SMARTS) is 1. The number of aliphatic carboxylic acids is 1. The maximum absolute atomic E-state index is 11.2. The Morgan fingerprint density at radius 1 is 1.35 bits per heavy atom. The van der Waals surface area contributed by atoms with E-state index in [4.69, 9.17) is 0 Å². The van der Waals surface area contributed by atoms with Crippen LogP contribution in [0.3, 0.4) is 0 Å². The number of carboxylic acids is 1. The molecule has 98 valence electrons. The number of carbonyl (C=O) groups is 1. The SMILES string of the molecule is CCC1CCC(N2CCC(C)(C(=O)O)C2)CC1. The van der Waals surface area contributed by atoms with Gasteiger partial charge in [-0.1, -0.05) is 13.3 Å². The van der Waals surface area contributed by atoms with Crippen molar-refractivity contribution >= 4 is 5.97 Å². The summed E-state index contributed by atoms with van der Waals surface area (Å²) in [5.74, 6) is 0.293. The van der Waals surface area contributed by atoms with Crippen LogP contribution in [0.4, 0.5) is 0 Å². The molecule has 1 atom stereocenters. The molecule has 3 nitrogen and oxygen atoms in total. The third kappa shape index (κ3) is 2.65. The minimum absolute atomic E-state index is 0.498. The van der Waals surface area contributed by atoms with Gasteiger partial charge in [-0.25, -0.2) is 0 Å². The van der Waals surface area contributed by atoms with E-state index in [-0.39, 0.29) is 0 Å². The van der Waals surface area contributed by atoms with Gasteiger partial charge in [-0.05, 0) is 51.5 Å². The zero-order valence-electron chi connectivity index (χ0n) is 11.1. The van der Waals surface area contributed by atoms with Crippen LogP contribution < -0.4 is 0 Å². The van der Waals surface area contributed by atoms with Gasteiger partial charge < -0.3 is 5.11 Å². The van der Waals surface area contributed by atoms with E-state index >= 15 is 0 Å². The van der Waals surface area contributed by atoms with Gasteiger partial charge in [0.1, 0.15) is 0 Å². The highest BCUT2D eigenvalue weighted by atomic mass is 16.4. The monoisotopic (exact) mass is 239 g/mol. The van der Waals surface area contributed by atoms with E-state index in [9.17, 15) is 9.90 Å². The lowest BCUT2D eigenvalue weighted by molar-refractivity contribution is -0.147. The molecule has 0 aromatic heterocycles. The highest BCUT2D eigenvalue weighted by Gasteiger charge is 2.42. The maximum atomic E-state index is 11.2. The quantitative estimate of drug-likeness (QED) is 0.823.